The lowest BCUT2D eigenvalue weighted by molar-refractivity contribution is -0.113. The molecule has 27 heavy (non-hydrogen) atoms. The number of benzene rings is 2. The topological polar surface area (TPSA) is 71.8 Å². The van der Waals surface area contributed by atoms with Gasteiger partial charge >= 0.3 is 0 Å². The quantitative estimate of drug-likeness (QED) is 0.659. The Hall–Kier alpha value is -3.00. The molecule has 0 saturated carbocycles. The predicted molar refractivity (Wildman–Crippen MR) is 104 cm³/mol. The number of rotatable bonds is 3. The fourth-order valence-electron chi connectivity index (χ4n) is 3.07. The fraction of sp³-hybridized carbons (Fsp3) is 0.105. The van der Waals surface area contributed by atoms with E-state index in [9.17, 15) is 9.18 Å². The van der Waals surface area contributed by atoms with Gasteiger partial charge in [-0.2, -0.15) is 10.1 Å². The third-order valence-electron chi connectivity index (χ3n) is 4.33. The summed E-state index contributed by atoms with van der Waals surface area (Å²) in [5, 5.41) is 10.2. The molecular weight excluding hydrogens is 413 g/mol. The molecule has 8 heteroatoms. The molecule has 1 aliphatic rings. The Morgan fingerprint density at radius 2 is 1.89 bits per heavy atom. The number of anilines is 2. The summed E-state index contributed by atoms with van der Waals surface area (Å²) in [6.07, 6.45) is 1.45. The van der Waals surface area contributed by atoms with Crippen molar-refractivity contribution in [1.29, 1.82) is 0 Å². The summed E-state index contributed by atoms with van der Waals surface area (Å²) >= 11 is 3.43. The third kappa shape index (κ3) is 3.35. The first-order valence-electron chi connectivity index (χ1n) is 8.22. The molecule has 0 spiro atoms. The van der Waals surface area contributed by atoms with Gasteiger partial charge in [0.2, 0.25) is 5.95 Å². The first-order chi connectivity index (χ1) is 13.0. The Morgan fingerprint density at radius 1 is 1.19 bits per heavy atom. The Labute approximate surface area is 163 Å². The van der Waals surface area contributed by atoms with Crippen molar-refractivity contribution in [3.8, 4) is 0 Å². The summed E-state index contributed by atoms with van der Waals surface area (Å²) in [5.74, 6) is -0.0813. The molecule has 1 atom stereocenters. The largest absolute Gasteiger partial charge is 0.328 e. The monoisotopic (exact) mass is 427 g/mol. The molecule has 2 N–H and O–H groups in total. The van der Waals surface area contributed by atoms with Gasteiger partial charge in [0, 0.05) is 15.9 Å². The molecular formula is C19H15BrFN5O. The minimum absolute atomic E-state index is 0.291. The van der Waals surface area contributed by atoms with Crippen molar-refractivity contribution in [2.75, 3.05) is 10.6 Å². The van der Waals surface area contributed by atoms with Crippen molar-refractivity contribution < 1.29 is 9.18 Å². The van der Waals surface area contributed by atoms with E-state index in [0.29, 0.717) is 22.9 Å². The number of allylic oxidation sites excluding steroid dienone is 1. The molecule has 3 aromatic rings. The number of nitrogens with one attached hydrogen (secondary N) is 2. The summed E-state index contributed by atoms with van der Waals surface area (Å²) in [5.41, 5.74) is 2.61. The number of fused-ring (bicyclic) bond motifs is 1. The molecule has 1 aliphatic heterocycles. The first-order valence-corrected chi connectivity index (χ1v) is 9.02. The SMILES string of the molecule is CC1=C(C(=O)Nc2ccc(F)cc2)C(c2ccc(Br)cc2)n2ncnc2N1. The Morgan fingerprint density at radius 3 is 2.59 bits per heavy atom. The number of aromatic nitrogens is 3. The van der Waals surface area contributed by atoms with Crippen LogP contribution in [0.2, 0.25) is 0 Å². The average molecular weight is 428 g/mol. The summed E-state index contributed by atoms with van der Waals surface area (Å²) in [4.78, 5) is 17.3. The molecule has 136 valence electrons. The van der Waals surface area contributed by atoms with Crippen LogP contribution in [0.3, 0.4) is 0 Å². The molecule has 0 aliphatic carbocycles. The van der Waals surface area contributed by atoms with Gasteiger partial charge in [-0.15, -0.1) is 0 Å². The lowest BCUT2D eigenvalue weighted by Gasteiger charge is -2.28. The van der Waals surface area contributed by atoms with Crippen molar-refractivity contribution in [2.24, 2.45) is 0 Å². The molecule has 6 nitrogen and oxygen atoms in total. The van der Waals surface area contributed by atoms with Crippen LogP contribution in [-0.2, 0) is 4.79 Å². The third-order valence-corrected chi connectivity index (χ3v) is 4.86. The number of halogens is 2. The molecule has 2 aromatic carbocycles. The minimum atomic E-state index is -0.433. The number of amides is 1. The molecule has 2 heterocycles. The van der Waals surface area contributed by atoms with E-state index in [1.165, 1.54) is 30.6 Å². The predicted octanol–water partition coefficient (Wildman–Crippen LogP) is 4.11. The van der Waals surface area contributed by atoms with E-state index in [1.54, 1.807) is 4.68 Å². The van der Waals surface area contributed by atoms with E-state index < -0.39 is 6.04 Å². The Bertz CT molecular complexity index is 1030. The average Bonchev–Trinajstić information content (AvgIpc) is 3.11. The Balaban J connectivity index is 1.74. The zero-order chi connectivity index (χ0) is 19.0. The van der Waals surface area contributed by atoms with Crippen LogP contribution >= 0.6 is 15.9 Å². The molecule has 1 unspecified atom stereocenters. The second-order valence-electron chi connectivity index (χ2n) is 6.11. The van der Waals surface area contributed by atoms with Gasteiger partial charge in [-0.05, 0) is 48.9 Å². The highest BCUT2D eigenvalue weighted by Crippen LogP contribution is 2.35. The maximum absolute atomic E-state index is 13.1. The van der Waals surface area contributed by atoms with Gasteiger partial charge in [-0.1, -0.05) is 28.1 Å². The summed E-state index contributed by atoms with van der Waals surface area (Å²) in [6.45, 7) is 1.82. The highest BCUT2D eigenvalue weighted by Gasteiger charge is 2.33. The molecule has 0 radical (unpaired) electrons. The van der Waals surface area contributed by atoms with Crippen LogP contribution in [0.15, 0.2) is 70.6 Å². The number of carbonyl (C=O) groups excluding carboxylic acids is 1. The van der Waals surface area contributed by atoms with Gasteiger partial charge in [-0.25, -0.2) is 9.07 Å². The van der Waals surface area contributed by atoms with E-state index in [2.05, 4.69) is 36.6 Å². The smallest absolute Gasteiger partial charge is 0.255 e. The molecule has 4 rings (SSSR count). The zero-order valence-corrected chi connectivity index (χ0v) is 15.9. The van der Waals surface area contributed by atoms with Crippen LogP contribution in [-0.4, -0.2) is 20.7 Å². The minimum Gasteiger partial charge on any atom is -0.328 e. The van der Waals surface area contributed by atoms with Crippen molar-refractivity contribution in [1.82, 2.24) is 14.8 Å². The first kappa shape index (κ1) is 17.4. The van der Waals surface area contributed by atoms with Crippen LogP contribution in [0.1, 0.15) is 18.5 Å². The summed E-state index contributed by atoms with van der Waals surface area (Å²) in [6, 6.07) is 12.9. The van der Waals surface area contributed by atoms with Crippen LogP contribution in [0.4, 0.5) is 16.0 Å². The van der Waals surface area contributed by atoms with E-state index >= 15 is 0 Å². The second-order valence-corrected chi connectivity index (χ2v) is 7.02. The zero-order valence-electron chi connectivity index (χ0n) is 14.3. The summed E-state index contributed by atoms with van der Waals surface area (Å²) < 4.78 is 15.8. The highest BCUT2D eigenvalue weighted by molar-refractivity contribution is 9.10. The molecule has 0 bridgehead atoms. The van der Waals surface area contributed by atoms with E-state index in [1.807, 2.05) is 31.2 Å². The highest BCUT2D eigenvalue weighted by atomic mass is 79.9. The van der Waals surface area contributed by atoms with Crippen molar-refractivity contribution >= 4 is 33.5 Å². The van der Waals surface area contributed by atoms with E-state index in [4.69, 9.17) is 0 Å². The van der Waals surface area contributed by atoms with Gasteiger partial charge in [0.25, 0.3) is 5.91 Å². The van der Waals surface area contributed by atoms with Crippen LogP contribution < -0.4 is 10.6 Å². The maximum atomic E-state index is 13.1. The Kier molecular flexibility index (Phi) is 4.49. The second kappa shape index (κ2) is 6.96. The van der Waals surface area contributed by atoms with Crippen LogP contribution in [0, 0.1) is 5.82 Å². The van der Waals surface area contributed by atoms with E-state index in [0.717, 1.165) is 10.0 Å². The van der Waals surface area contributed by atoms with Gasteiger partial charge in [0.05, 0.1) is 5.57 Å². The lowest BCUT2D eigenvalue weighted by Crippen LogP contribution is -2.31. The number of carbonyl (C=O) groups is 1. The number of hydrogen-bond acceptors (Lipinski definition) is 4. The number of hydrogen-bond donors (Lipinski definition) is 2. The lowest BCUT2D eigenvalue weighted by atomic mass is 9.95. The fourth-order valence-corrected chi connectivity index (χ4v) is 3.33. The van der Waals surface area contributed by atoms with Gasteiger partial charge in [0.15, 0.2) is 0 Å². The molecule has 1 aromatic heterocycles. The van der Waals surface area contributed by atoms with Crippen LogP contribution in [0.25, 0.3) is 0 Å². The normalized spacial score (nSPS) is 15.9. The van der Waals surface area contributed by atoms with Crippen molar-refractivity contribution in [3.63, 3.8) is 0 Å². The summed E-state index contributed by atoms with van der Waals surface area (Å²) in [7, 11) is 0. The standard InChI is InChI=1S/C19H15BrFN5O/c1-11-16(18(27)25-15-8-6-14(21)7-9-15)17(12-2-4-13(20)5-3-12)26-19(24-11)22-10-23-26/h2-10,17H,1H3,(H,25,27)(H,22,23,24). The maximum Gasteiger partial charge on any atom is 0.255 e. The van der Waals surface area contributed by atoms with Gasteiger partial charge in [0.1, 0.15) is 18.2 Å². The number of nitrogens with zero attached hydrogens (tertiary/aromatic N) is 3. The van der Waals surface area contributed by atoms with Crippen LogP contribution in [0.5, 0.6) is 0 Å². The van der Waals surface area contributed by atoms with Crippen molar-refractivity contribution in [2.45, 2.75) is 13.0 Å². The van der Waals surface area contributed by atoms with Crippen molar-refractivity contribution in [3.05, 3.63) is 82.0 Å². The molecule has 0 saturated heterocycles. The van der Waals surface area contributed by atoms with E-state index in [-0.39, 0.29) is 11.7 Å². The van der Waals surface area contributed by atoms with Gasteiger partial charge < -0.3 is 10.6 Å². The molecule has 1 amide bonds. The van der Waals surface area contributed by atoms with Gasteiger partial charge in [-0.3, -0.25) is 4.79 Å². The molecule has 0 fully saturated rings.